The summed E-state index contributed by atoms with van der Waals surface area (Å²) in [6, 6.07) is 0. The van der Waals surface area contributed by atoms with Crippen LogP contribution in [0.5, 0.6) is 0 Å². The van der Waals surface area contributed by atoms with Gasteiger partial charge in [-0.05, 0) is 18.8 Å². The van der Waals surface area contributed by atoms with Gasteiger partial charge in [0.2, 0.25) is 11.8 Å². The highest BCUT2D eigenvalue weighted by atomic mass is 19.4. The average molecular weight is 293 g/mol. The molecular weight excluding hydrogens is 280 g/mol. The highest BCUT2D eigenvalue weighted by molar-refractivity contribution is 5.80. The molecule has 0 aromatic carbocycles. The lowest BCUT2D eigenvalue weighted by molar-refractivity contribution is -0.277. The SMILES string of the molecule is CN(CC1CC(O)C1)C(=O)C(C(F)(F)F)C(F)(F)F. The lowest BCUT2D eigenvalue weighted by atomic mass is 9.82. The van der Waals surface area contributed by atoms with Crippen molar-refractivity contribution in [2.45, 2.75) is 31.3 Å². The number of aliphatic hydroxyl groups is 1. The molecule has 1 aliphatic carbocycles. The number of amides is 1. The number of alkyl halides is 6. The molecule has 0 bridgehead atoms. The van der Waals surface area contributed by atoms with Crippen molar-refractivity contribution in [1.29, 1.82) is 0 Å². The van der Waals surface area contributed by atoms with Gasteiger partial charge in [0, 0.05) is 13.6 Å². The molecule has 1 fully saturated rings. The first-order chi connectivity index (χ1) is 8.43. The normalized spacial score (nSPS) is 24.3. The molecule has 0 atom stereocenters. The molecule has 0 radical (unpaired) electrons. The number of aliphatic hydroxyl groups excluding tert-OH is 1. The van der Waals surface area contributed by atoms with E-state index in [1.165, 1.54) is 0 Å². The van der Waals surface area contributed by atoms with Crippen molar-refractivity contribution < 1.29 is 36.2 Å². The Hall–Kier alpha value is -0.990. The van der Waals surface area contributed by atoms with Crippen LogP contribution in [-0.4, -0.2) is 48.0 Å². The van der Waals surface area contributed by atoms with E-state index in [4.69, 9.17) is 5.11 Å². The van der Waals surface area contributed by atoms with Crippen LogP contribution in [0.2, 0.25) is 0 Å². The number of carbonyl (C=O) groups excluding carboxylic acids is 1. The zero-order valence-electron chi connectivity index (χ0n) is 9.92. The molecule has 19 heavy (non-hydrogen) atoms. The fraction of sp³-hybridized carbons (Fsp3) is 0.900. The Morgan fingerprint density at radius 2 is 1.63 bits per heavy atom. The molecule has 0 aromatic heterocycles. The van der Waals surface area contributed by atoms with E-state index >= 15 is 0 Å². The Balaban J connectivity index is 2.71. The Labute approximate surface area is 105 Å². The fourth-order valence-corrected chi connectivity index (χ4v) is 2.01. The summed E-state index contributed by atoms with van der Waals surface area (Å²) in [4.78, 5) is 11.7. The van der Waals surface area contributed by atoms with Crippen molar-refractivity contribution in [2.24, 2.45) is 11.8 Å². The summed E-state index contributed by atoms with van der Waals surface area (Å²) >= 11 is 0. The minimum absolute atomic E-state index is 0.224. The van der Waals surface area contributed by atoms with Gasteiger partial charge in [0.1, 0.15) is 0 Å². The molecule has 1 amide bonds. The summed E-state index contributed by atoms with van der Waals surface area (Å²) in [5.74, 6) is -6.26. The van der Waals surface area contributed by atoms with E-state index in [1.807, 2.05) is 0 Å². The van der Waals surface area contributed by atoms with Gasteiger partial charge in [-0.2, -0.15) is 26.3 Å². The minimum Gasteiger partial charge on any atom is -0.393 e. The van der Waals surface area contributed by atoms with Gasteiger partial charge < -0.3 is 10.0 Å². The van der Waals surface area contributed by atoms with Crippen LogP contribution in [0.3, 0.4) is 0 Å². The predicted octanol–water partition coefficient (Wildman–Crippen LogP) is 1.96. The van der Waals surface area contributed by atoms with Gasteiger partial charge in [-0.1, -0.05) is 0 Å². The zero-order valence-corrected chi connectivity index (χ0v) is 9.92. The highest BCUT2D eigenvalue weighted by Gasteiger charge is 2.61. The molecule has 9 heteroatoms. The second-order valence-electron chi connectivity index (χ2n) is 4.73. The van der Waals surface area contributed by atoms with Crippen LogP contribution in [0.15, 0.2) is 0 Å². The van der Waals surface area contributed by atoms with Crippen LogP contribution in [0.25, 0.3) is 0 Å². The summed E-state index contributed by atoms with van der Waals surface area (Å²) in [5, 5.41) is 8.97. The van der Waals surface area contributed by atoms with E-state index in [0.717, 1.165) is 7.05 Å². The molecular formula is C10H13F6NO2. The van der Waals surface area contributed by atoms with Crippen molar-refractivity contribution in [3.05, 3.63) is 0 Å². The fourth-order valence-electron chi connectivity index (χ4n) is 2.01. The van der Waals surface area contributed by atoms with E-state index in [9.17, 15) is 31.1 Å². The topological polar surface area (TPSA) is 40.5 Å². The Morgan fingerprint density at radius 1 is 1.21 bits per heavy atom. The van der Waals surface area contributed by atoms with E-state index in [0.29, 0.717) is 4.90 Å². The van der Waals surface area contributed by atoms with E-state index < -0.39 is 30.3 Å². The Morgan fingerprint density at radius 3 is 1.95 bits per heavy atom. The Kier molecular flexibility index (Phi) is 4.38. The molecule has 0 saturated heterocycles. The number of hydrogen-bond donors (Lipinski definition) is 1. The molecule has 0 spiro atoms. The molecule has 1 saturated carbocycles. The van der Waals surface area contributed by atoms with Gasteiger partial charge >= 0.3 is 12.4 Å². The van der Waals surface area contributed by atoms with Crippen molar-refractivity contribution in [2.75, 3.05) is 13.6 Å². The van der Waals surface area contributed by atoms with Crippen LogP contribution in [0.4, 0.5) is 26.3 Å². The lowest BCUT2D eigenvalue weighted by Crippen LogP contribution is -2.50. The molecule has 0 unspecified atom stereocenters. The highest BCUT2D eigenvalue weighted by Crippen LogP contribution is 2.40. The molecule has 0 aromatic rings. The first-order valence-corrected chi connectivity index (χ1v) is 5.49. The number of nitrogens with zero attached hydrogens (tertiary/aromatic N) is 1. The van der Waals surface area contributed by atoms with Gasteiger partial charge in [0.15, 0.2) is 0 Å². The van der Waals surface area contributed by atoms with E-state index in [2.05, 4.69) is 0 Å². The third-order valence-corrected chi connectivity index (χ3v) is 3.02. The Bertz CT molecular complexity index is 320. The third kappa shape index (κ3) is 3.99. The van der Waals surface area contributed by atoms with Gasteiger partial charge in [0.25, 0.3) is 0 Å². The maximum atomic E-state index is 12.3. The smallest absolute Gasteiger partial charge is 0.393 e. The first-order valence-electron chi connectivity index (χ1n) is 5.49. The molecule has 0 aliphatic heterocycles. The summed E-state index contributed by atoms with van der Waals surface area (Å²) in [5.41, 5.74) is 0. The van der Waals surface area contributed by atoms with E-state index in [-0.39, 0.29) is 25.3 Å². The first kappa shape index (κ1) is 16.1. The second-order valence-corrected chi connectivity index (χ2v) is 4.73. The predicted molar refractivity (Wildman–Crippen MR) is 52.0 cm³/mol. The van der Waals surface area contributed by atoms with Gasteiger partial charge in [-0.3, -0.25) is 4.79 Å². The molecule has 1 N–H and O–H groups in total. The standard InChI is InChI=1S/C10H13F6NO2/c1-17(4-5-2-6(18)3-5)8(19)7(9(11,12)13)10(14,15)16/h5-7,18H,2-4H2,1H3. The maximum Gasteiger partial charge on any atom is 0.409 e. The summed E-state index contributed by atoms with van der Waals surface area (Å²) in [7, 11) is 0.900. The van der Waals surface area contributed by atoms with Crippen LogP contribution >= 0.6 is 0 Å². The van der Waals surface area contributed by atoms with Crippen molar-refractivity contribution in [1.82, 2.24) is 4.90 Å². The monoisotopic (exact) mass is 293 g/mol. The third-order valence-electron chi connectivity index (χ3n) is 3.02. The second kappa shape index (κ2) is 5.18. The lowest BCUT2D eigenvalue weighted by Gasteiger charge is -2.35. The van der Waals surface area contributed by atoms with Gasteiger partial charge in [-0.25, -0.2) is 0 Å². The van der Waals surface area contributed by atoms with Crippen LogP contribution < -0.4 is 0 Å². The quantitative estimate of drug-likeness (QED) is 0.808. The zero-order chi connectivity index (χ0) is 15.0. The average Bonchev–Trinajstić information content (AvgIpc) is 2.10. The van der Waals surface area contributed by atoms with Crippen molar-refractivity contribution in [3.8, 4) is 0 Å². The molecule has 0 heterocycles. The molecule has 112 valence electrons. The van der Waals surface area contributed by atoms with Crippen molar-refractivity contribution in [3.63, 3.8) is 0 Å². The number of rotatable bonds is 3. The molecule has 3 nitrogen and oxygen atoms in total. The van der Waals surface area contributed by atoms with Gasteiger partial charge in [0.05, 0.1) is 6.10 Å². The van der Waals surface area contributed by atoms with Crippen LogP contribution in [0.1, 0.15) is 12.8 Å². The minimum atomic E-state index is -5.66. The van der Waals surface area contributed by atoms with Crippen LogP contribution in [-0.2, 0) is 4.79 Å². The molecule has 1 rings (SSSR count). The molecule has 1 aliphatic rings. The maximum absolute atomic E-state index is 12.3. The summed E-state index contributed by atoms with van der Waals surface area (Å²) in [6.07, 6.45) is -11.4. The number of hydrogen-bond acceptors (Lipinski definition) is 2. The van der Waals surface area contributed by atoms with E-state index in [1.54, 1.807) is 0 Å². The number of halogens is 6. The largest absolute Gasteiger partial charge is 0.409 e. The van der Waals surface area contributed by atoms with Crippen LogP contribution in [0, 0.1) is 11.8 Å². The number of carbonyl (C=O) groups is 1. The van der Waals surface area contributed by atoms with Crippen molar-refractivity contribution >= 4 is 5.91 Å². The summed E-state index contributed by atoms with van der Waals surface area (Å²) < 4.78 is 73.9. The van der Waals surface area contributed by atoms with Gasteiger partial charge in [-0.15, -0.1) is 0 Å². The summed E-state index contributed by atoms with van der Waals surface area (Å²) in [6.45, 7) is -0.224.